The van der Waals surface area contributed by atoms with E-state index in [1.807, 2.05) is 6.07 Å². The Labute approximate surface area is 116 Å². The maximum Gasteiger partial charge on any atom is 0.335 e. The molecule has 0 spiro atoms. The first-order chi connectivity index (χ1) is 8.56. The molecule has 0 unspecified atom stereocenters. The fraction of sp³-hybridized carbons (Fsp3) is 0. The number of rotatable bonds is 3. The molecule has 0 bridgehead atoms. The SMILES string of the molecule is O=C(O)c1ccc(Oc2cccc(I)c2)c(F)c1. The van der Waals surface area contributed by atoms with Gasteiger partial charge >= 0.3 is 5.97 Å². The van der Waals surface area contributed by atoms with Crippen LogP contribution in [0.15, 0.2) is 42.5 Å². The number of benzene rings is 2. The molecule has 3 nitrogen and oxygen atoms in total. The van der Waals surface area contributed by atoms with Gasteiger partial charge in [-0.2, -0.15) is 0 Å². The summed E-state index contributed by atoms with van der Waals surface area (Å²) in [5.74, 6) is -1.37. The van der Waals surface area contributed by atoms with Gasteiger partial charge in [0.05, 0.1) is 5.56 Å². The molecule has 5 heteroatoms. The highest BCUT2D eigenvalue weighted by Crippen LogP contribution is 2.26. The molecule has 0 saturated carbocycles. The van der Waals surface area contributed by atoms with E-state index in [-0.39, 0.29) is 11.3 Å². The summed E-state index contributed by atoms with van der Waals surface area (Å²) >= 11 is 2.12. The second-order valence-electron chi connectivity index (χ2n) is 3.51. The molecule has 0 aliphatic rings. The van der Waals surface area contributed by atoms with Crippen molar-refractivity contribution < 1.29 is 19.0 Å². The number of ether oxygens (including phenoxy) is 1. The van der Waals surface area contributed by atoms with Gasteiger partial charge in [-0.15, -0.1) is 0 Å². The van der Waals surface area contributed by atoms with Crippen LogP contribution in [0.3, 0.4) is 0 Å². The predicted molar refractivity (Wildman–Crippen MR) is 72.6 cm³/mol. The predicted octanol–water partition coefficient (Wildman–Crippen LogP) is 3.92. The van der Waals surface area contributed by atoms with Crippen LogP contribution in [0, 0.1) is 9.39 Å². The summed E-state index contributed by atoms with van der Waals surface area (Å²) in [6.07, 6.45) is 0. The average molecular weight is 358 g/mol. The first-order valence-corrected chi connectivity index (χ1v) is 6.10. The monoisotopic (exact) mass is 358 g/mol. The smallest absolute Gasteiger partial charge is 0.335 e. The average Bonchev–Trinajstić information content (AvgIpc) is 2.31. The van der Waals surface area contributed by atoms with Crippen molar-refractivity contribution in [1.82, 2.24) is 0 Å². The number of hydrogen-bond acceptors (Lipinski definition) is 2. The maximum absolute atomic E-state index is 13.6. The van der Waals surface area contributed by atoms with E-state index in [4.69, 9.17) is 9.84 Å². The van der Waals surface area contributed by atoms with Crippen molar-refractivity contribution in [1.29, 1.82) is 0 Å². The molecule has 0 fully saturated rings. The highest BCUT2D eigenvalue weighted by atomic mass is 127. The van der Waals surface area contributed by atoms with Crippen LogP contribution in [-0.4, -0.2) is 11.1 Å². The zero-order chi connectivity index (χ0) is 13.1. The van der Waals surface area contributed by atoms with Crippen molar-refractivity contribution in [3.63, 3.8) is 0 Å². The highest BCUT2D eigenvalue weighted by molar-refractivity contribution is 14.1. The standard InChI is InChI=1S/C13H8FIO3/c14-11-6-8(13(16)17)4-5-12(11)18-10-3-1-2-9(15)7-10/h1-7H,(H,16,17). The van der Waals surface area contributed by atoms with Crippen LogP contribution < -0.4 is 4.74 Å². The van der Waals surface area contributed by atoms with Crippen molar-refractivity contribution in [2.24, 2.45) is 0 Å². The number of carboxylic acid groups (broad SMARTS) is 1. The minimum absolute atomic E-state index is 0.00185. The van der Waals surface area contributed by atoms with Crippen LogP contribution in [0.1, 0.15) is 10.4 Å². The third-order valence-electron chi connectivity index (χ3n) is 2.20. The zero-order valence-corrected chi connectivity index (χ0v) is 11.2. The van der Waals surface area contributed by atoms with Crippen LogP contribution in [0.5, 0.6) is 11.5 Å². The van der Waals surface area contributed by atoms with Crippen molar-refractivity contribution in [3.8, 4) is 11.5 Å². The normalized spacial score (nSPS) is 10.1. The van der Waals surface area contributed by atoms with E-state index in [1.54, 1.807) is 18.2 Å². The summed E-state index contributed by atoms with van der Waals surface area (Å²) in [6, 6.07) is 10.7. The number of hydrogen-bond donors (Lipinski definition) is 1. The van der Waals surface area contributed by atoms with Crippen molar-refractivity contribution >= 4 is 28.6 Å². The Morgan fingerprint density at radius 2 is 2.00 bits per heavy atom. The third kappa shape index (κ3) is 2.98. The first kappa shape index (κ1) is 12.8. The minimum Gasteiger partial charge on any atom is -0.478 e. The van der Waals surface area contributed by atoms with Gasteiger partial charge in [-0.25, -0.2) is 9.18 Å². The summed E-state index contributed by atoms with van der Waals surface area (Å²) in [5, 5.41) is 8.72. The van der Waals surface area contributed by atoms with Gasteiger partial charge in [0, 0.05) is 3.57 Å². The van der Waals surface area contributed by atoms with E-state index in [9.17, 15) is 9.18 Å². The number of aromatic carboxylic acids is 1. The highest BCUT2D eigenvalue weighted by Gasteiger charge is 2.10. The molecule has 0 aromatic heterocycles. The molecule has 92 valence electrons. The van der Waals surface area contributed by atoms with Gasteiger partial charge in [0.2, 0.25) is 0 Å². The zero-order valence-electron chi connectivity index (χ0n) is 9.06. The molecule has 0 atom stereocenters. The molecule has 0 radical (unpaired) electrons. The Balaban J connectivity index is 2.27. The summed E-state index contributed by atoms with van der Waals surface area (Å²) < 4.78 is 19.9. The molecule has 0 amide bonds. The lowest BCUT2D eigenvalue weighted by molar-refractivity contribution is 0.0696. The Kier molecular flexibility index (Phi) is 3.81. The van der Waals surface area contributed by atoms with Crippen molar-refractivity contribution in [3.05, 3.63) is 57.4 Å². The van der Waals surface area contributed by atoms with Crippen LogP contribution in [-0.2, 0) is 0 Å². The third-order valence-corrected chi connectivity index (χ3v) is 2.87. The van der Waals surface area contributed by atoms with Gasteiger partial charge in [-0.3, -0.25) is 0 Å². The Morgan fingerprint density at radius 1 is 1.22 bits per heavy atom. The summed E-state index contributed by atoms with van der Waals surface area (Å²) in [4.78, 5) is 10.7. The molecule has 0 heterocycles. The largest absolute Gasteiger partial charge is 0.478 e. The number of halogens is 2. The fourth-order valence-corrected chi connectivity index (χ4v) is 1.89. The second-order valence-corrected chi connectivity index (χ2v) is 4.76. The molecular formula is C13H8FIO3. The molecule has 0 saturated heterocycles. The van der Waals surface area contributed by atoms with Gasteiger partial charge in [0.25, 0.3) is 0 Å². The van der Waals surface area contributed by atoms with Gasteiger partial charge in [0.15, 0.2) is 11.6 Å². The molecule has 2 aromatic rings. The lowest BCUT2D eigenvalue weighted by Gasteiger charge is -2.07. The van der Waals surface area contributed by atoms with Gasteiger partial charge in [-0.1, -0.05) is 6.07 Å². The van der Waals surface area contributed by atoms with E-state index in [2.05, 4.69) is 22.6 Å². The Morgan fingerprint density at radius 3 is 2.61 bits per heavy atom. The second kappa shape index (κ2) is 5.34. The summed E-state index contributed by atoms with van der Waals surface area (Å²) in [7, 11) is 0. The van der Waals surface area contributed by atoms with Gasteiger partial charge in [0.1, 0.15) is 5.75 Å². The van der Waals surface area contributed by atoms with E-state index < -0.39 is 11.8 Å². The van der Waals surface area contributed by atoms with E-state index in [1.165, 1.54) is 12.1 Å². The molecule has 0 aliphatic heterocycles. The Bertz CT molecular complexity index is 599. The number of carboxylic acids is 1. The quantitative estimate of drug-likeness (QED) is 0.846. The van der Waals surface area contributed by atoms with Gasteiger partial charge < -0.3 is 9.84 Å². The summed E-state index contributed by atoms with van der Waals surface area (Å²) in [6.45, 7) is 0. The van der Waals surface area contributed by atoms with Crippen molar-refractivity contribution in [2.75, 3.05) is 0 Å². The lowest BCUT2D eigenvalue weighted by Crippen LogP contribution is -1.98. The van der Waals surface area contributed by atoms with Gasteiger partial charge in [-0.05, 0) is 59.0 Å². The molecule has 1 N–H and O–H groups in total. The van der Waals surface area contributed by atoms with Crippen LogP contribution in [0.4, 0.5) is 4.39 Å². The fourth-order valence-electron chi connectivity index (χ4n) is 1.37. The van der Waals surface area contributed by atoms with E-state index >= 15 is 0 Å². The molecule has 0 aliphatic carbocycles. The van der Waals surface area contributed by atoms with E-state index in [0.29, 0.717) is 5.75 Å². The first-order valence-electron chi connectivity index (χ1n) is 5.02. The molecule has 2 aromatic carbocycles. The molecule has 2 rings (SSSR count). The topological polar surface area (TPSA) is 46.5 Å². The number of carbonyl (C=O) groups is 1. The lowest BCUT2D eigenvalue weighted by atomic mass is 10.2. The van der Waals surface area contributed by atoms with Crippen LogP contribution in [0.2, 0.25) is 0 Å². The maximum atomic E-state index is 13.6. The van der Waals surface area contributed by atoms with E-state index in [0.717, 1.165) is 9.64 Å². The van der Waals surface area contributed by atoms with Crippen LogP contribution >= 0.6 is 22.6 Å². The summed E-state index contributed by atoms with van der Waals surface area (Å²) in [5.41, 5.74) is -0.109. The minimum atomic E-state index is -1.17. The van der Waals surface area contributed by atoms with Crippen LogP contribution in [0.25, 0.3) is 0 Å². The van der Waals surface area contributed by atoms with Crippen molar-refractivity contribution in [2.45, 2.75) is 0 Å². The molecule has 18 heavy (non-hydrogen) atoms. The molecular weight excluding hydrogens is 350 g/mol. The Hall–Kier alpha value is -1.63.